The van der Waals surface area contributed by atoms with Crippen LogP contribution in [0.4, 0.5) is 0 Å². The summed E-state index contributed by atoms with van der Waals surface area (Å²) in [5, 5.41) is 9.23. The van der Waals surface area contributed by atoms with Crippen molar-refractivity contribution >= 4 is 5.97 Å². The van der Waals surface area contributed by atoms with Gasteiger partial charge in [0.25, 0.3) is 0 Å². The second-order valence-corrected chi connectivity index (χ2v) is 4.75. The predicted molar refractivity (Wildman–Crippen MR) is 80.6 cm³/mol. The molecule has 0 aliphatic rings. The van der Waals surface area contributed by atoms with Crippen LogP contribution in [0.3, 0.4) is 0 Å². The molecule has 0 aliphatic carbocycles. The minimum Gasteiger partial charge on any atom is -0.493 e. The van der Waals surface area contributed by atoms with E-state index in [4.69, 9.17) is 9.47 Å². The van der Waals surface area contributed by atoms with Gasteiger partial charge in [0.05, 0.1) is 7.11 Å². The van der Waals surface area contributed by atoms with Crippen molar-refractivity contribution in [2.24, 2.45) is 0 Å². The van der Waals surface area contributed by atoms with Crippen LogP contribution in [-0.4, -0.2) is 18.2 Å². The molecule has 21 heavy (non-hydrogen) atoms. The summed E-state index contributed by atoms with van der Waals surface area (Å²) < 4.78 is 11.1. The van der Waals surface area contributed by atoms with Crippen LogP contribution >= 0.6 is 0 Å². The van der Waals surface area contributed by atoms with Crippen molar-refractivity contribution in [3.63, 3.8) is 0 Å². The number of aromatic carboxylic acids is 1. The van der Waals surface area contributed by atoms with E-state index in [1.807, 2.05) is 19.1 Å². The number of hydrogen-bond donors (Lipinski definition) is 1. The van der Waals surface area contributed by atoms with Crippen LogP contribution in [0.15, 0.2) is 36.4 Å². The first-order chi connectivity index (χ1) is 10.0. The van der Waals surface area contributed by atoms with Crippen molar-refractivity contribution < 1.29 is 19.4 Å². The van der Waals surface area contributed by atoms with Crippen molar-refractivity contribution in [1.82, 2.24) is 0 Å². The third-order valence-electron chi connectivity index (χ3n) is 3.22. The summed E-state index contributed by atoms with van der Waals surface area (Å²) in [6.45, 7) is 3.94. The Morgan fingerprint density at radius 1 is 1.10 bits per heavy atom. The molecule has 110 valence electrons. The molecule has 1 N–H and O–H groups in total. The lowest BCUT2D eigenvalue weighted by atomic mass is 10.1. The summed E-state index contributed by atoms with van der Waals surface area (Å²) >= 11 is 0. The quantitative estimate of drug-likeness (QED) is 0.900. The number of aryl methyl sites for hydroxylation is 2. The average Bonchev–Trinajstić information content (AvgIpc) is 2.47. The van der Waals surface area contributed by atoms with E-state index in [2.05, 4.69) is 6.92 Å². The number of methoxy groups -OCH3 is 1. The molecule has 0 bridgehead atoms. The van der Waals surface area contributed by atoms with Crippen molar-refractivity contribution in [1.29, 1.82) is 0 Å². The Hall–Kier alpha value is -2.49. The molecule has 0 heterocycles. The van der Waals surface area contributed by atoms with E-state index < -0.39 is 5.97 Å². The van der Waals surface area contributed by atoms with Crippen LogP contribution in [0.1, 0.15) is 28.4 Å². The fourth-order valence-electron chi connectivity index (χ4n) is 2.03. The van der Waals surface area contributed by atoms with Crippen LogP contribution in [0.25, 0.3) is 0 Å². The van der Waals surface area contributed by atoms with Gasteiger partial charge in [-0.05, 0) is 48.7 Å². The van der Waals surface area contributed by atoms with E-state index >= 15 is 0 Å². The molecule has 0 saturated carbocycles. The zero-order chi connectivity index (χ0) is 15.4. The third kappa shape index (κ3) is 3.34. The Bertz CT molecular complexity index is 662. The van der Waals surface area contributed by atoms with E-state index in [-0.39, 0.29) is 5.56 Å². The van der Waals surface area contributed by atoms with Crippen molar-refractivity contribution in [2.75, 3.05) is 7.11 Å². The summed E-state index contributed by atoms with van der Waals surface area (Å²) in [7, 11) is 1.57. The van der Waals surface area contributed by atoms with Gasteiger partial charge in [-0.25, -0.2) is 4.79 Å². The topological polar surface area (TPSA) is 55.8 Å². The highest BCUT2D eigenvalue weighted by Crippen LogP contribution is 2.34. The maximum Gasteiger partial charge on any atom is 0.339 e. The number of benzene rings is 2. The van der Waals surface area contributed by atoms with Gasteiger partial charge < -0.3 is 14.6 Å². The third-order valence-corrected chi connectivity index (χ3v) is 3.22. The Labute approximate surface area is 123 Å². The van der Waals surface area contributed by atoms with E-state index in [1.165, 1.54) is 0 Å². The lowest BCUT2D eigenvalue weighted by Crippen LogP contribution is -2.01. The summed E-state index contributed by atoms with van der Waals surface area (Å²) in [4.78, 5) is 11.3. The molecule has 2 aromatic carbocycles. The molecule has 0 spiro atoms. The summed E-state index contributed by atoms with van der Waals surface area (Å²) in [5.74, 6) is 0.384. The zero-order valence-corrected chi connectivity index (χ0v) is 12.3. The number of carbonyl (C=O) groups is 1. The second kappa shape index (κ2) is 6.31. The van der Waals surface area contributed by atoms with Gasteiger partial charge in [-0.15, -0.1) is 0 Å². The van der Waals surface area contributed by atoms with Crippen LogP contribution in [0.5, 0.6) is 17.2 Å². The van der Waals surface area contributed by atoms with Crippen molar-refractivity contribution in [3.8, 4) is 17.2 Å². The molecular weight excluding hydrogens is 268 g/mol. The van der Waals surface area contributed by atoms with E-state index in [9.17, 15) is 9.90 Å². The van der Waals surface area contributed by atoms with E-state index in [1.54, 1.807) is 31.4 Å². The maximum absolute atomic E-state index is 11.3. The SMILES string of the molecule is CCc1ccc(Oc2cc(C)ccc2C(=O)O)c(OC)c1. The monoisotopic (exact) mass is 286 g/mol. The van der Waals surface area contributed by atoms with E-state index in [0.717, 1.165) is 17.5 Å². The second-order valence-electron chi connectivity index (χ2n) is 4.75. The van der Waals surface area contributed by atoms with Crippen molar-refractivity contribution in [3.05, 3.63) is 53.1 Å². The van der Waals surface area contributed by atoms with Gasteiger partial charge in [0.2, 0.25) is 0 Å². The van der Waals surface area contributed by atoms with Crippen molar-refractivity contribution in [2.45, 2.75) is 20.3 Å². The standard InChI is InChI=1S/C17H18O4/c1-4-12-6-8-14(16(10-12)20-3)21-15-9-11(2)5-7-13(15)17(18)19/h5-10H,4H2,1-3H3,(H,18,19). The molecule has 0 atom stereocenters. The summed E-state index contributed by atoms with van der Waals surface area (Å²) in [6, 6.07) is 10.6. The number of carboxylic acid groups (broad SMARTS) is 1. The lowest BCUT2D eigenvalue weighted by Gasteiger charge is -2.13. The Morgan fingerprint density at radius 3 is 2.48 bits per heavy atom. The molecule has 2 rings (SSSR count). The Kier molecular flexibility index (Phi) is 4.48. The first kappa shape index (κ1) is 14.9. The predicted octanol–water partition coefficient (Wildman–Crippen LogP) is 4.06. The Balaban J connectivity index is 2.42. The molecule has 0 amide bonds. The summed E-state index contributed by atoms with van der Waals surface area (Å²) in [5.41, 5.74) is 2.18. The fourth-order valence-corrected chi connectivity index (χ4v) is 2.03. The first-order valence-electron chi connectivity index (χ1n) is 6.74. The number of ether oxygens (including phenoxy) is 2. The van der Waals surface area contributed by atoms with Crippen LogP contribution in [0, 0.1) is 6.92 Å². The van der Waals surface area contributed by atoms with Gasteiger partial charge in [-0.1, -0.05) is 19.1 Å². The molecule has 4 nitrogen and oxygen atoms in total. The highest BCUT2D eigenvalue weighted by molar-refractivity contribution is 5.91. The lowest BCUT2D eigenvalue weighted by molar-refractivity contribution is 0.0694. The molecule has 2 aromatic rings. The number of rotatable bonds is 5. The maximum atomic E-state index is 11.3. The molecule has 0 unspecified atom stereocenters. The van der Waals surface area contributed by atoms with Gasteiger partial charge in [0, 0.05) is 0 Å². The molecule has 0 saturated heterocycles. The highest BCUT2D eigenvalue weighted by Gasteiger charge is 2.14. The normalized spacial score (nSPS) is 10.2. The van der Waals surface area contributed by atoms with Gasteiger partial charge in [0.15, 0.2) is 11.5 Å². The smallest absolute Gasteiger partial charge is 0.339 e. The summed E-state index contributed by atoms with van der Waals surface area (Å²) in [6.07, 6.45) is 0.890. The van der Waals surface area contributed by atoms with Crippen LogP contribution in [0.2, 0.25) is 0 Å². The molecule has 0 aromatic heterocycles. The largest absolute Gasteiger partial charge is 0.493 e. The zero-order valence-electron chi connectivity index (χ0n) is 12.3. The molecule has 0 radical (unpaired) electrons. The molecular formula is C17H18O4. The van der Waals surface area contributed by atoms with E-state index in [0.29, 0.717) is 17.2 Å². The molecule has 0 fully saturated rings. The van der Waals surface area contributed by atoms with Gasteiger partial charge in [-0.2, -0.15) is 0 Å². The van der Waals surface area contributed by atoms with Gasteiger partial charge in [0.1, 0.15) is 11.3 Å². The molecule has 0 aliphatic heterocycles. The minimum atomic E-state index is -1.02. The van der Waals surface area contributed by atoms with Gasteiger partial charge >= 0.3 is 5.97 Å². The minimum absolute atomic E-state index is 0.127. The highest BCUT2D eigenvalue weighted by atomic mass is 16.5. The number of carboxylic acids is 1. The number of hydrogen-bond acceptors (Lipinski definition) is 3. The Morgan fingerprint density at radius 2 is 1.86 bits per heavy atom. The average molecular weight is 286 g/mol. The molecule has 4 heteroatoms. The fraction of sp³-hybridized carbons (Fsp3) is 0.235. The first-order valence-corrected chi connectivity index (χ1v) is 6.74. The van der Waals surface area contributed by atoms with Crippen LogP contribution in [-0.2, 0) is 6.42 Å². The van der Waals surface area contributed by atoms with Gasteiger partial charge in [-0.3, -0.25) is 0 Å². The van der Waals surface area contributed by atoms with Crippen LogP contribution < -0.4 is 9.47 Å².